The lowest BCUT2D eigenvalue weighted by Gasteiger charge is -2.16. The fraction of sp³-hybridized carbons (Fsp3) is 0.130. The van der Waals surface area contributed by atoms with Gasteiger partial charge in [-0.1, -0.05) is 66.7 Å². The molecular formula is C23H18O3S. The van der Waals surface area contributed by atoms with E-state index in [1.165, 1.54) is 18.4 Å². The summed E-state index contributed by atoms with van der Waals surface area (Å²) in [6.07, 6.45) is 2.05. The maximum Gasteiger partial charge on any atom is 0.317 e. The number of ketones is 1. The Kier molecular flexibility index (Phi) is 4.73. The van der Waals surface area contributed by atoms with Gasteiger partial charge in [-0.05, 0) is 28.1 Å². The van der Waals surface area contributed by atoms with Gasteiger partial charge in [0.05, 0.1) is 7.11 Å². The van der Waals surface area contributed by atoms with Crippen LogP contribution in [0.2, 0.25) is 0 Å². The molecule has 3 aromatic rings. The zero-order chi connectivity index (χ0) is 18.8. The molecule has 1 heterocycles. The van der Waals surface area contributed by atoms with E-state index in [0.29, 0.717) is 5.56 Å². The third kappa shape index (κ3) is 3.13. The minimum Gasteiger partial charge on any atom is -0.468 e. The summed E-state index contributed by atoms with van der Waals surface area (Å²) in [5.74, 6) is -1.78. The molecule has 0 bridgehead atoms. The van der Waals surface area contributed by atoms with E-state index < -0.39 is 11.9 Å². The van der Waals surface area contributed by atoms with E-state index in [9.17, 15) is 9.59 Å². The van der Waals surface area contributed by atoms with Gasteiger partial charge < -0.3 is 4.74 Å². The zero-order valence-electron chi connectivity index (χ0n) is 14.8. The highest BCUT2D eigenvalue weighted by Crippen LogP contribution is 2.44. The predicted molar refractivity (Wildman–Crippen MR) is 107 cm³/mol. The Morgan fingerprint density at radius 1 is 0.963 bits per heavy atom. The van der Waals surface area contributed by atoms with E-state index in [1.54, 1.807) is 6.07 Å². The summed E-state index contributed by atoms with van der Waals surface area (Å²) >= 11 is 1.51. The lowest BCUT2D eigenvalue weighted by molar-refractivity contribution is -0.143. The van der Waals surface area contributed by atoms with Gasteiger partial charge in [0.25, 0.3) is 0 Å². The lowest BCUT2D eigenvalue weighted by atomic mass is 9.88. The van der Waals surface area contributed by atoms with E-state index in [0.717, 1.165) is 21.6 Å². The molecule has 1 aliphatic rings. The summed E-state index contributed by atoms with van der Waals surface area (Å²) < 4.78 is 4.94. The van der Waals surface area contributed by atoms with Gasteiger partial charge in [-0.25, -0.2) is 0 Å². The number of thiophene rings is 1. The highest BCUT2D eigenvalue weighted by atomic mass is 32.1. The van der Waals surface area contributed by atoms with E-state index in [4.69, 9.17) is 4.74 Å². The van der Waals surface area contributed by atoms with Crippen LogP contribution < -0.4 is 0 Å². The first-order valence-corrected chi connectivity index (χ1v) is 9.60. The van der Waals surface area contributed by atoms with Gasteiger partial charge >= 0.3 is 5.97 Å². The van der Waals surface area contributed by atoms with Crippen LogP contribution in [0, 0.1) is 5.92 Å². The Labute approximate surface area is 161 Å². The van der Waals surface area contributed by atoms with Crippen molar-refractivity contribution in [3.63, 3.8) is 0 Å². The van der Waals surface area contributed by atoms with Gasteiger partial charge in [-0.3, -0.25) is 9.59 Å². The van der Waals surface area contributed by atoms with Crippen molar-refractivity contribution in [3.05, 3.63) is 99.8 Å². The van der Waals surface area contributed by atoms with Crippen molar-refractivity contribution in [2.24, 2.45) is 5.92 Å². The third-order valence-corrected chi connectivity index (χ3v) is 5.89. The second kappa shape index (κ2) is 7.33. The summed E-state index contributed by atoms with van der Waals surface area (Å²) in [6, 6.07) is 21.9. The quantitative estimate of drug-likeness (QED) is 0.479. The summed E-state index contributed by atoms with van der Waals surface area (Å²) in [5.41, 5.74) is 3.73. The number of fused-ring (bicyclic) bond motifs is 1. The molecule has 0 saturated carbocycles. The van der Waals surface area contributed by atoms with Crippen LogP contribution in [0.15, 0.2) is 78.2 Å². The second-order valence-corrected chi connectivity index (χ2v) is 7.35. The first-order chi connectivity index (χ1) is 13.2. The fourth-order valence-electron chi connectivity index (χ4n) is 3.59. The van der Waals surface area contributed by atoms with Crippen molar-refractivity contribution in [2.75, 3.05) is 7.11 Å². The molecule has 27 heavy (non-hydrogen) atoms. The molecule has 0 aliphatic heterocycles. The Balaban J connectivity index is 1.88. The number of esters is 1. The van der Waals surface area contributed by atoms with E-state index in [2.05, 4.69) is 0 Å². The number of rotatable bonds is 4. The molecule has 2 atom stereocenters. The number of hydrogen-bond donors (Lipinski definition) is 0. The van der Waals surface area contributed by atoms with Crippen molar-refractivity contribution in [2.45, 2.75) is 5.92 Å². The Morgan fingerprint density at radius 2 is 1.56 bits per heavy atom. The fourth-order valence-corrected chi connectivity index (χ4v) is 4.60. The molecule has 0 amide bonds. The maximum absolute atomic E-state index is 12.8. The number of carbonyl (C=O) groups excluding carboxylic acids is 2. The lowest BCUT2D eigenvalue weighted by Crippen LogP contribution is -2.25. The minimum absolute atomic E-state index is 0.153. The monoisotopic (exact) mass is 374 g/mol. The number of carbonyl (C=O) groups is 2. The van der Waals surface area contributed by atoms with Gasteiger partial charge in [0.15, 0.2) is 5.78 Å². The number of allylic oxidation sites excluding steroid dienone is 1. The van der Waals surface area contributed by atoms with Crippen molar-refractivity contribution in [1.29, 1.82) is 0 Å². The molecule has 0 spiro atoms. The Morgan fingerprint density at radius 3 is 2.11 bits per heavy atom. The summed E-state index contributed by atoms with van der Waals surface area (Å²) in [6.45, 7) is 0. The average molecular weight is 374 g/mol. The molecule has 0 radical (unpaired) electrons. The Hall–Kier alpha value is -2.98. The van der Waals surface area contributed by atoms with Gasteiger partial charge in [0.1, 0.15) is 5.92 Å². The minimum atomic E-state index is -0.820. The van der Waals surface area contributed by atoms with Crippen LogP contribution in [0.1, 0.15) is 32.3 Å². The largest absolute Gasteiger partial charge is 0.468 e. The maximum atomic E-state index is 12.8. The summed E-state index contributed by atoms with van der Waals surface area (Å²) in [5, 5.41) is 1.90. The molecule has 4 heteroatoms. The SMILES string of the molecule is COC(=O)[C@@H]1C(=O)c2ccsc2[C@H]1C=C(c1ccccc1)c1ccccc1. The van der Waals surface area contributed by atoms with Gasteiger partial charge in [-0.15, -0.1) is 11.3 Å². The van der Waals surface area contributed by atoms with Crippen LogP contribution in [-0.2, 0) is 9.53 Å². The average Bonchev–Trinajstić information content (AvgIpc) is 3.30. The van der Waals surface area contributed by atoms with Crippen LogP contribution >= 0.6 is 11.3 Å². The second-order valence-electron chi connectivity index (χ2n) is 6.40. The molecule has 1 aliphatic carbocycles. The van der Waals surface area contributed by atoms with E-state index >= 15 is 0 Å². The first-order valence-electron chi connectivity index (χ1n) is 8.73. The third-order valence-electron chi connectivity index (χ3n) is 4.88. The van der Waals surface area contributed by atoms with Crippen molar-refractivity contribution in [1.82, 2.24) is 0 Å². The van der Waals surface area contributed by atoms with Crippen LogP contribution in [0.3, 0.4) is 0 Å². The van der Waals surface area contributed by atoms with Crippen LogP contribution in [-0.4, -0.2) is 18.9 Å². The van der Waals surface area contributed by atoms with Crippen molar-refractivity contribution in [3.8, 4) is 0 Å². The molecule has 4 rings (SSSR count). The number of ether oxygens (including phenoxy) is 1. The zero-order valence-corrected chi connectivity index (χ0v) is 15.6. The predicted octanol–water partition coefficient (Wildman–Crippen LogP) is 4.95. The standard InChI is InChI=1S/C23H18O3S/c1-26-23(25)20-19(22-17(21(20)24)12-13-27-22)14-18(15-8-4-2-5-9-15)16-10-6-3-7-11-16/h2-14,19-20H,1H3/t19-,20-/m0/s1. The molecule has 1 aromatic heterocycles. The molecule has 0 fully saturated rings. The first kappa shape index (κ1) is 17.4. The van der Waals surface area contributed by atoms with E-state index in [1.807, 2.05) is 72.1 Å². The van der Waals surface area contributed by atoms with Crippen LogP contribution in [0.25, 0.3) is 5.57 Å². The van der Waals surface area contributed by atoms with Crippen LogP contribution in [0.4, 0.5) is 0 Å². The number of benzene rings is 2. The Bertz CT molecular complexity index is 961. The summed E-state index contributed by atoms with van der Waals surface area (Å²) in [4.78, 5) is 26.1. The number of hydrogen-bond acceptors (Lipinski definition) is 4. The highest BCUT2D eigenvalue weighted by molar-refractivity contribution is 7.10. The molecular weight excluding hydrogens is 356 g/mol. The van der Waals surface area contributed by atoms with Gasteiger partial charge in [0.2, 0.25) is 0 Å². The molecule has 3 nitrogen and oxygen atoms in total. The van der Waals surface area contributed by atoms with Crippen LogP contribution in [0.5, 0.6) is 0 Å². The number of methoxy groups -OCH3 is 1. The van der Waals surface area contributed by atoms with Crippen molar-refractivity contribution >= 4 is 28.7 Å². The summed E-state index contributed by atoms with van der Waals surface area (Å²) in [7, 11) is 1.33. The highest BCUT2D eigenvalue weighted by Gasteiger charge is 2.45. The molecule has 0 unspecified atom stereocenters. The normalized spacial score (nSPS) is 18.0. The van der Waals surface area contributed by atoms with Gasteiger partial charge in [-0.2, -0.15) is 0 Å². The topological polar surface area (TPSA) is 43.4 Å². The van der Waals surface area contributed by atoms with Crippen molar-refractivity contribution < 1.29 is 14.3 Å². The van der Waals surface area contributed by atoms with Gasteiger partial charge in [0, 0.05) is 16.4 Å². The molecule has 0 saturated heterocycles. The smallest absolute Gasteiger partial charge is 0.317 e. The molecule has 2 aromatic carbocycles. The van der Waals surface area contributed by atoms with E-state index in [-0.39, 0.29) is 11.7 Å². The molecule has 0 N–H and O–H groups in total. The number of Topliss-reactive ketones (excluding diaryl/α,β-unsaturated/α-hetero) is 1. The molecule has 134 valence electrons.